The van der Waals surface area contributed by atoms with Crippen molar-refractivity contribution >= 4 is 5.84 Å². The molecule has 1 aliphatic carbocycles. The van der Waals surface area contributed by atoms with Gasteiger partial charge in [0.1, 0.15) is 5.82 Å². The van der Waals surface area contributed by atoms with Crippen LogP contribution in [-0.4, -0.2) is 28.3 Å². The van der Waals surface area contributed by atoms with Crippen molar-refractivity contribution in [1.82, 2.24) is 5.32 Å². The van der Waals surface area contributed by atoms with Crippen molar-refractivity contribution in [2.24, 2.45) is 10.9 Å². The Morgan fingerprint density at radius 1 is 1.50 bits per heavy atom. The number of amidine groups is 1. The van der Waals surface area contributed by atoms with Crippen molar-refractivity contribution in [3.05, 3.63) is 35.1 Å². The molecule has 5 N–H and O–H groups in total. The highest BCUT2D eigenvalue weighted by molar-refractivity contribution is 5.98. The van der Waals surface area contributed by atoms with Crippen molar-refractivity contribution in [3.8, 4) is 0 Å². The van der Waals surface area contributed by atoms with E-state index in [0.29, 0.717) is 12.1 Å². The highest BCUT2D eigenvalue weighted by atomic mass is 19.1. The van der Waals surface area contributed by atoms with Crippen LogP contribution in [0, 0.1) is 5.82 Å². The van der Waals surface area contributed by atoms with Gasteiger partial charge in [0.05, 0.1) is 6.61 Å². The van der Waals surface area contributed by atoms with Gasteiger partial charge in [0, 0.05) is 17.6 Å². The topological polar surface area (TPSA) is 90.9 Å². The van der Waals surface area contributed by atoms with Crippen LogP contribution >= 0.6 is 0 Å². The van der Waals surface area contributed by atoms with Crippen molar-refractivity contribution < 1.29 is 14.7 Å². The number of aliphatic hydroxyl groups is 1. The van der Waals surface area contributed by atoms with Crippen molar-refractivity contribution in [2.45, 2.75) is 24.9 Å². The third-order valence-corrected chi connectivity index (χ3v) is 3.27. The van der Waals surface area contributed by atoms with E-state index in [1.807, 2.05) is 0 Å². The van der Waals surface area contributed by atoms with Gasteiger partial charge in [-0.1, -0.05) is 11.2 Å². The molecule has 0 heterocycles. The van der Waals surface area contributed by atoms with E-state index in [-0.39, 0.29) is 18.0 Å². The van der Waals surface area contributed by atoms with E-state index < -0.39 is 5.82 Å². The first-order valence-electron chi connectivity index (χ1n) is 5.72. The van der Waals surface area contributed by atoms with Crippen LogP contribution in [-0.2, 0) is 6.54 Å². The predicted octanol–water partition coefficient (Wildman–Crippen LogP) is 0.535. The van der Waals surface area contributed by atoms with Gasteiger partial charge in [0.25, 0.3) is 0 Å². The van der Waals surface area contributed by atoms with E-state index in [2.05, 4.69) is 10.5 Å². The number of nitrogens with zero attached hydrogens (tertiary/aromatic N) is 1. The fourth-order valence-corrected chi connectivity index (χ4v) is 1.82. The van der Waals surface area contributed by atoms with E-state index in [4.69, 9.17) is 10.9 Å². The lowest BCUT2D eigenvalue weighted by molar-refractivity contribution is 0.229. The summed E-state index contributed by atoms with van der Waals surface area (Å²) in [6.45, 7) is 0.513. The second kappa shape index (κ2) is 4.91. The van der Waals surface area contributed by atoms with Gasteiger partial charge in [-0.15, -0.1) is 0 Å². The standard InChI is InChI=1S/C12H16FN3O2/c13-9-2-1-8(10(5-9)11(14)16-18)6-15-12(7-17)3-4-12/h1-2,5,15,17-18H,3-4,6-7H2,(H2,14,16). The number of nitrogens with two attached hydrogens (primary N) is 1. The number of halogens is 1. The molecule has 98 valence electrons. The normalized spacial score (nSPS) is 17.8. The molecule has 1 fully saturated rings. The highest BCUT2D eigenvalue weighted by Gasteiger charge is 2.41. The Morgan fingerprint density at radius 2 is 2.22 bits per heavy atom. The number of hydrogen-bond acceptors (Lipinski definition) is 4. The largest absolute Gasteiger partial charge is 0.409 e. The summed E-state index contributed by atoms with van der Waals surface area (Å²) in [6.07, 6.45) is 1.84. The van der Waals surface area contributed by atoms with Crippen LogP contribution in [0.25, 0.3) is 0 Å². The second-order valence-electron chi connectivity index (χ2n) is 4.58. The lowest BCUT2D eigenvalue weighted by Crippen LogP contribution is -2.34. The van der Waals surface area contributed by atoms with Crippen LogP contribution in [0.2, 0.25) is 0 Å². The molecule has 0 aliphatic heterocycles. The Labute approximate surface area is 104 Å². The maximum absolute atomic E-state index is 13.1. The molecular formula is C12H16FN3O2. The summed E-state index contributed by atoms with van der Waals surface area (Å²) >= 11 is 0. The molecule has 1 aliphatic rings. The molecule has 0 spiro atoms. The van der Waals surface area contributed by atoms with Gasteiger partial charge in [-0.25, -0.2) is 4.39 Å². The maximum Gasteiger partial charge on any atom is 0.170 e. The van der Waals surface area contributed by atoms with E-state index in [0.717, 1.165) is 18.4 Å². The van der Waals surface area contributed by atoms with E-state index in [1.54, 1.807) is 6.07 Å². The van der Waals surface area contributed by atoms with Gasteiger partial charge >= 0.3 is 0 Å². The molecule has 6 heteroatoms. The molecular weight excluding hydrogens is 237 g/mol. The molecule has 0 amide bonds. The van der Waals surface area contributed by atoms with Gasteiger partial charge in [0.2, 0.25) is 0 Å². The summed E-state index contributed by atoms with van der Waals surface area (Å²) < 4.78 is 13.1. The number of benzene rings is 1. The zero-order valence-electron chi connectivity index (χ0n) is 9.86. The van der Waals surface area contributed by atoms with Crippen LogP contribution in [0.3, 0.4) is 0 Å². The number of nitrogens with one attached hydrogen (secondary N) is 1. The third-order valence-electron chi connectivity index (χ3n) is 3.27. The minimum absolute atomic E-state index is 0.0765. The van der Waals surface area contributed by atoms with Crippen molar-refractivity contribution in [2.75, 3.05) is 6.61 Å². The zero-order chi connectivity index (χ0) is 13.2. The summed E-state index contributed by atoms with van der Waals surface area (Å²) in [7, 11) is 0. The minimum atomic E-state index is -0.441. The molecule has 0 radical (unpaired) electrons. The molecule has 2 rings (SSSR count). The summed E-state index contributed by atoms with van der Waals surface area (Å²) in [6, 6.07) is 4.14. The number of hydrogen-bond donors (Lipinski definition) is 4. The first-order chi connectivity index (χ1) is 8.60. The highest BCUT2D eigenvalue weighted by Crippen LogP contribution is 2.34. The van der Waals surface area contributed by atoms with Gasteiger partial charge in [-0.2, -0.15) is 0 Å². The molecule has 1 aromatic rings. The lowest BCUT2D eigenvalue weighted by Gasteiger charge is -2.16. The number of aliphatic hydroxyl groups excluding tert-OH is 1. The quantitative estimate of drug-likeness (QED) is 0.267. The predicted molar refractivity (Wildman–Crippen MR) is 64.8 cm³/mol. The number of oxime groups is 1. The Bertz CT molecular complexity index is 472. The fraction of sp³-hybridized carbons (Fsp3) is 0.417. The fourth-order valence-electron chi connectivity index (χ4n) is 1.82. The maximum atomic E-state index is 13.1. The molecule has 5 nitrogen and oxygen atoms in total. The van der Waals surface area contributed by atoms with Crippen molar-refractivity contribution in [3.63, 3.8) is 0 Å². The first kappa shape index (κ1) is 12.8. The van der Waals surface area contributed by atoms with E-state index >= 15 is 0 Å². The van der Waals surface area contributed by atoms with Crippen LogP contribution in [0.4, 0.5) is 4.39 Å². The zero-order valence-corrected chi connectivity index (χ0v) is 9.86. The van der Waals surface area contributed by atoms with Gasteiger partial charge in [-0.05, 0) is 30.5 Å². The average molecular weight is 253 g/mol. The number of rotatable bonds is 5. The molecule has 1 aromatic carbocycles. The van der Waals surface area contributed by atoms with Crippen molar-refractivity contribution in [1.29, 1.82) is 0 Å². The second-order valence-corrected chi connectivity index (χ2v) is 4.58. The van der Waals surface area contributed by atoms with Gasteiger partial charge in [-0.3, -0.25) is 0 Å². The molecule has 1 saturated carbocycles. The van der Waals surface area contributed by atoms with E-state index in [1.165, 1.54) is 12.1 Å². The Morgan fingerprint density at radius 3 is 2.78 bits per heavy atom. The summed E-state index contributed by atoms with van der Waals surface area (Å²) in [5.41, 5.74) is 6.38. The Balaban J connectivity index is 2.16. The molecule has 0 bridgehead atoms. The molecule has 0 aromatic heterocycles. The minimum Gasteiger partial charge on any atom is -0.409 e. The smallest absolute Gasteiger partial charge is 0.170 e. The third kappa shape index (κ3) is 2.60. The molecule has 0 unspecified atom stereocenters. The van der Waals surface area contributed by atoms with Crippen LogP contribution < -0.4 is 11.1 Å². The average Bonchev–Trinajstić information content (AvgIpc) is 3.17. The van der Waals surface area contributed by atoms with Crippen LogP contribution in [0.15, 0.2) is 23.4 Å². The first-order valence-corrected chi connectivity index (χ1v) is 5.72. The monoisotopic (exact) mass is 253 g/mol. The summed E-state index contributed by atoms with van der Waals surface area (Å²) in [4.78, 5) is 0. The van der Waals surface area contributed by atoms with Crippen LogP contribution in [0.1, 0.15) is 24.0 Å². The summed E-state index contributed by atoms with van der Waals surface area (Å²) in [5, 5.41) is 24.0. The van der Waals surface area contributed by atoms with Gasteiger partial charge < -0.3 is 21.4 Å². The Hall–Kier alpha value is -1.66. The molecule has 0 saturated heterocycles. The Kier molecular flexibility index (Phi) is 3.49. The SMILES string of the molecule is N/C(=N/O)c1cc(F)ccc1CNC1(CO)CC1. The molecule has 18 heavy (non-hydrogen) atoms. The van der Waals surface area contributed by atoms with Gasteiger partial charge in [0.15, 0.2) is 5.84 Å². The summed E-state index contributed by atoms with van der Waals surface area (Å²) in [5.74, 6) is -0.566. The molecule has 0 atom stereocenters. The van der Waals surface area contributed by atoms with E-state index in [9.17, 15) is 9.50 Å². The van der Waals surface area contributed by atoms with Crippen LogP contribution in [0.5, 0.6) is 0 Å². The lowest BCUT2D eigenvalue weighted by atomic mass is 10.1.